The number of hydrogen-bond acceptors (Lipinski definition) is 5. The molecule has 0 aliphatic heterocycles. The molecule has 5 aliphatic carbocycles. The molecule has 5 nitrogen and oxygen atoms in total. The summed E-state index contributed by atoms with van der Waals surface area (Å²) in [7, 11) is 6.57. The Labute approximate surface area is 247 Å². The highest BCUT2D eigenvalue weighted by molar-refractivity contribution is 5.87. The van der Waals surface area contributed by atoms with E-state index in [1.54, 1.807) is 36.4 Å². The van der Waals surface area contributed by atoms with E-state index in [0.29, 0.717) is 28.7 Å². The number of allylic oxidation sites excluding steroid dienone is 2. The van der Waals surface area contributed by atoms with Gasteiger partial charge in [0.25, 0.3) is 0 Å². The van der Waals surface area contributed by atoms with E-state index in [-0.39, 0.29) is 46.0 Å². The van der Waals surface area contributed by atoms with Crippen molar-refractivity contribution in [2.24, 2.45) is 44.8 Å². The summed E-state index contributed by atoms with van der Waals surface area (Å²) >= 11 is 0. The van der Waals surface area contributed by atoms with Crippen molar-refractivity contribution in [1.29, 1.82) is 0 Å². The molecule has 224 valence electrons. The number of fused-ring (bicyclic) bond motifs is 2. The summed E-state index contributed by atoms with van der Waals surface area (Å²) < 4.78 is 6.37. The van der Waals surface area contributed by atoms with Crippen molar-refractivity contribution >= 4 is 12.0 Å². The molecule has 0 amide bonds. The van der Waals surface area contributed by atoms with Crippen molar-refractivity contribution in [2.75, 3.05) is 21.1 Å². The lowest BCUT2D eigenvalue weighted by Gasteiger charge is -2.61. The van der Waals surface area contributed by atoms with Crippen molar-refractivity contribution in [1.82, 2.24) is 10.2 Å². The zero-order valence-electron chi connectivity index (χ0n) is 26.5. The lowest BCUT2D eigenvalue weighted by molar-refractivity contribution is -0.146. The molecule has 4 fully saturated rings. The number of carbonyl (C=O) groups is 1. The largest absolute Gasteiger partial charge is 0.508 e. The first-order chi connectivity index (χ1) is 19.3. The van der Waals surface area contributed by atoms with Crippen LogP contribution >= 0.6 is 0 Å². The van der Waals surface area contributed by atoms with Gasteiger partial charge in [0, 0.05) is 24.1 Å². The molecular weight excluding hydrogens is 508 g/mol. The zero-order chi connectivity index (χ0) is 29.6. The maximum absolute atomic E-state index is 13.2. The van der Waals surface area contributed by atoms with E-state index < -0.39 is 0 Å². The summed E-state index contributed by atoms with van der Waals surface area (Å²) in [6.07, 6.45) is 15.9. The Bertz CT molecular complexity index is 1250. The molecule has 0 bridgehead atoms. The van der Waals surface area contributed by atoms with Gasteiger partial charge in [-0.25, -0.2) is 4.79 Å². The van der Waals surface area contributed by atoms with E-state index in [1.807, 2.05) is 7.05 Å². The summed E-state index contributed by atoms with van der Waals surface area (Å²) in [6, 6.07) is 7.74. The Morgan fingerprint density at radius 1 is 1.02 bits per heavy atom. The van der Waals surface area contributed by atoms with Crippen molar-refractivity contribution < 1.29 is 14.6 Å². The highest BCUT2D eigenvalue weighted by atomic mass is 16.5. The van der Waals surface area contributed by atoms with Crippen LogP contribution < -0.4 is 5.32 Å². The molecule has 2 spiro atoms. The molecule has 4 saturated carbocycles. The normalized spacial score (nSPS) is 44.6. The van der Waals surface area contributed by atoms with Crippen LogP contribution in [-0.4, -0.2) is 55.3 Å². The quantitative estimate of drug-likeness (QED) is 0.231. The van der Waals surface area contributed by atoms with E-state index in [4.69, 9.17) is 4.74 Å². The van der Waals surface area contributed by atoms with E-state index in [9.17, 15) is 9.90 Å². The number of benzene rings is 1. The van der Waals surface area contributed by atoms with Crippen LogP contribution in [0.5, 0.6) is 5.75 Å². The molecule has 1 aromatic carbocycles. The summed E-state index contributed by atoms with van der Waals surface area (Å²) in [5.41, 5.74) is 2.09. The lowest BCUT2D eigenvalue weighted by atomic mass is 9.43. The van der Waals surface area contributed by atoms with Gasteiger partial charge in [-0.05, 0) is 129 Å². The second-order valence-corrected chi connectivity index (χ2v) is 15.7. The fourth-order valence-corrected chi connectivity index (χ4v) is 11.7. The predicted molar refractivity (Wildman–Crippen MR) is 165 cm³/mol. The summed E-state index contributed by atoms with van der Waals surface area (Å²) in [4.78, 5) is 15.7. The molecule has 0 saturated heterocycles. The van der Waals surface area contributed by atoms with E-state index in [0.717, 1.165) is 12.0 Å². The van der Waals surface area contributed by atoms with Gasteiger partial charge in [0.2, 0.25) is 0 Å². The van der Waals surface area contributed by atoms with Crippen molar-refractivity contribution in [3.05, 3.63) is 48.1 Å². The number of esters is 1. The van der Waals surface area contributed by atoms with Gasteiger partial charge >= 0.3 is 5.97 Å². The third kappa shape index (κ3) is 3.90. The van der Waals surface area contributed by atoms with Gasteiger partial charge < -0.3 is 20.1 Å². The molecule has 0 aromatic heterocycles. The zero-order valence-corrected chi connectivity index (χ0v) is 26.5. The highest BCUT2D eigenvalue weighted by Crippen LogP contribution is 2.87. The predicted octanol–water partition coefficient (Wildman–Crippen LogP) is 6.68. The SMILES string of the molecule is CN[C@@H](C)[C@H]1[C@H](OC(=O)/C=C/c2ccc(O)cc2)C[C@@]2(C)[C@@H]3C=C[C@H]4C(C)(C)[C@@H](N(C)C)CC[C@@]45C[C@@]35CC[C@]12C. The van der Waals surface area contributed by atoms with Crippen LogP contribution in [0.3, 0.4) is 0 Å². The number of ether oxygens (including phenoxy) is 1. The number of nitrogens with zero attached hydrogens (tertiary/aromatic N) is 1. The van der Waals surface area contributed by atoms with Gasteiger partial charge in [0.05, 0.1) is 0 Å². The van der Waals surface area contributed by atoms with Crippen molar-refractivity contribution in [3.8, 4) is 5.75 Å². The lowest BCUT2D eigenvalue weighted by Crippen LogP contribution is -2.58. The van der Waals surface area contributed by atoms with Crippen LogP contribution in [0, 0.1) is 44.8 Å². The Balaban J connectivity index is 1.31. The van der Waals surface area contributed by atoms with Crippen LogP contribution in [0.2, 0.25) is 0 Å². The minimum atomic E-state index is -0.275. The van der Waals surface area contributed by atoms with Crippen LogP contribution in [0.15, 0.2) is 42.5 Å². The Kier molecular flexibility index (Phi) is 6.68. The first kappa shape index (κ1) is 29.0. The van der Waals surface area contributed by atoms with Crippen LogP contribution in [0.25, 0.3) is 6.08 Å². The Morgan fingerprint density at radius 3 is 2.34 bits per heavy atom. The fraction of sp³-hybridized carbons (Fsp3) is 0.694. The monoisotopic (exact) mass is 560 g/mol. The molecule has 10 atom stereocenters. The number of rotatable bonds is 6. The average molecular weight is 561 g/mol. The van der Waals surface area contributed by atoms with Crippen LogP contribution in [-0.2, 0) is 9.53 Å². The van der Waals surface area contributed by atoms with Crippen molar-refractivity contribution in [2.45, 2.75) is 91.3 Å². The highest BCUT2D eigenvalue weighted by Gasteiger charge is 2.82. The molecule has 0 heterocycles. The molecular formula is C36H52N2O3. The second kappa shape index (κ2) is 9.44. The van der Waals surface area contributed by atoms with Crippen LogP contribution in [0.1, 0.15) is 78.7 Å². The van der Waals surface area contributed by atoms with Gasteiger partial charge in [-0.3, -0.25) is 0 Å². The number of aromatic hydroxyl groups is 1. The maximum atomic E-state index is 13.2. The number of carbonyl (C=O) groups excluding carboxylic acids is 1. The third-order valence-corrected chi connectivity index (χ3v) is 13.7. The maximum Gasteiger partial charge on any atom is 0.331 e. The van der Waals surface area contributed by atoms with E-state index >= 15 is 0 Å². The smallest absolute Gasteiger partial charge is 0.331 e. The molecule has 5 aliphatic rings. The van der Waals surface area contributed by atoms with Crippen molar-refractivity contribution in [3.63, 3.8) is 0 Å². The first-order valence-corrected chi connectivity index (χ1v) is 16.0. The molecule has 6 rings (SSSR count). The topological polar surface area (TPSA) is 61.8 Å². The fourth-order valence-electron chi connectivity index (χ4n) is 11.7. The van der Waals surface area contributed by atoms with Gasteiger partial charge in [-0.15, -0.1) is 0 Å². The molecule has 5 heteroatoms. The number of hydrogen-bond donors (Lipinski definition) is 2. The summed E-state index contributed by atoms with van der Waals surface area (Å²) in [5.74, 6) is 1.36. The molecule has 41 heavy (non-hydrogen) atoms. The summed E-state index contributed by atoms with van der Waals surface area (Å²) in [6.45, 7) is 12.4. The molecule has 0 unspecified atom stereocenters. The minimum Gasteiger partial charge on any atom is -0.508 e. The third-order valence-electron chi connectivity index (χ3n) is 13.7. The summed E-state index contributed by atoms with van der Waals surface area (Å²) in [5, 5.41) is 13.1. The second-order valence-electron chi connectivity index (χ2n) is 15.7. The van der Waals surface area contributed by atoms with Gasteiger partial charge in [0.1, 0.15) is 11.9 Å². The number of nitrogens with one attached hydrogen (secondary N) is 1. The Morgan fingerprint density at radius 2 is 1.68 bits per heavy atom. The Hall–Kier alpha value is -2.11. The molecule has 2 N–H and O–H groups in total. The average Bonchev–Trinajstić information content (AvgIpc) is 3.51. The number of phenols is 1. The van der Waals surface area contributed by atoms with Gasteiger partial charge in [-0.1, -0.05) is 52.0 Å². The minimum absolute atomic E-state index is 0.0696. The van der Waals surface area contributed by atoms with E-state index in [1.165, 1.54) is 32.1 Å². The van der Waals surface area contributed by atoms with Gasteiger partial charge in [0.15, 0.2) is 0 Å². The standard InChI is InChI=1S/C36H52N2O3/c1-23(37-6)31-26(41-30(40)16-11-24-9-12-25(39)13-10-24)21-34(5)28-15-14-27-32(2,3)29(38(7)8)17-18-35(27)22-36(28,35)20-19-33(31,34)4/h9-16,23,26-29,31,37,39H,17-22H2,1-8H3/b16-11+/t23-,26+,27-,28-,29-,31-,33+,34-,35+,36-/m0/s1. The van der Waals surface area contributed by atoms with Gasteiger partial charge in [-0.2, -0.15) is 0 Å². The van der Waals surface area contributed by atoms with Crippen LogP contribution in [0.4, 0.5) is 0 Å². The molecule has 0 radical (unpaired) electrons. The van der Waals surface area contributed by atoms with E-state index in [2.05, 4.69) is 71.1 Å². The first-order valence-electron chi connectivity index (χ1n) is 16.0. The molecule has 1 aromatic rings. The number of phenolic OH excluding ortho intramolecular Hbond substituents is 1.